The number of rotatable bonds is 5. The molecule has 0 aliphatic carbocycles. The molecule has 0 saturated heterocycles. The molecule has 2 heterocycles. The van der Waals surface area contributed by atoms with E-state index in [0.717, 1.165) is 11.3 Å². The molecule has 21 heavy (non-hydrogen) atoms. The normalized spacial score (nSPS) is 11.8. The van der Waals surface area contributed by atoms with Crippen molar-refractivity contribution in [3.05, 3.63) is 53.9 Å². The van der Waals surface area contributed by atoms with E-state index in [9.17, 15) is 9.59 Å². The summed E-state index contributed by atoms with van der Waals surface area (Å²) in [6.07, 6.45) is 1.36. The summed E-state index contributed by atoms with van der Waals surface area (Å²) in [5.41, 5.74) is -0.534. The van der Waals surface area contributed by atoms with Crippen molar-refractivity contribution < 1.29 is 0 Å². The summed E-state index contributed by atoms with van der Waals surface area (Å²) in [6, 6.07) is 3.99. The molecular weight excluding hydrogens is 308 g/mol. The molecule has 0 saturated carbocycles. The third kappa shape index (κ3) is 3.30. The van der Waals surface area contributed by atoms with Gasteiger partial charge in [0.2, 0.25) is 0 Å². The minimum atomic E-state index is -0.450. The molecule has 2 aromatic rings. The maximum atomic E-state index is 12.5. The van der Waals surface area contributed by atoms with Crippen molar-refractivity contribution in [1.29, 1.82) is 0 Å². The lowest BCUT2D eigenvalue weighted by Crippen LogP contribution is -2.42. The average molecular weight is 327 g/mol. The molecule has 0 atom stereocenters. The number of thiophene rings is 1. The number of hydrogen-bond acceptors (Lipinski definition) is 3. The quantitative estimate of drug-likeness (QED) is 0.858. The molecule has 0 unspecified atom stereocenters. The van der Waals surface area contributed by atoms with Crippen LogP contribution in [0.1, 0.15) is 37.6 Å². The third-order valence-corrected chi connectivity index (χ3v) is 5.03. The van der Waals surface area contributed by atoms with E-state index in [-0.39, 0.29) is 16.1 Å². The molecule has 0 aliphatic rings. The van der Waals surface area contributed by atoms with Crippen molar-refractivity contribution in [3.8, 4) is 0 Å². The average Bonchev–Trinajstić information content (AvgIpc) is 2.94. The van der Waals surface area contributed by atoms with E-state index in [0.29, 0.717) is 18.5 Å². The SMILES string of the molecule is CCCc1c(Cl)[nH]c(=O)n(CC(C)(C)c2cccs2)c1=O. The number of hydrogen-bond donors (Lipinski definition) is 1. The second kappa shape index (κ2) is 6.20. The highest BCUT2D eigenvalue weighted by Gasteiger charge is 2.25. The van der Waals surface area contributed by atoms with Crippen LogP contribution >= 0.6 is 22.9 Å². The van der Waals surface area contributed by atoms with Gasteiger partial charge in [-0.05, 0) is 17.9 Å². The molecule has 114 valence electrons. The molecule has 6 heteroatoms. The van der Waals surface area contributed by atoms with Gasteiger partial charge in [-0.1, -0.05) is 44.9 Å². The van der Waals surface area contributed by atoms with Crippen LogP contribution in [0, 0.1) is 0 Å². The molecule has 0 spiro atoms. The van der Waals surface area contributed by atoms with Crippen LogP contribution in [0.2, 0.25) is 5.15 Å². The van der Waals surface area contributed by atoms with Crippen LogP contribution < -0.4 is 11.2 Å². The maximum absolute atomic E-state index is 12.5. The van der Waals surface area contributed by atoms with E-state index in [4.69, 9.17) is 11.6 Å². The number of aromatic nitrogens is 2. The van der Waals surface area contributed by atoms with Gasteiger partial charge < -0.3 is 0 Å². The van der Waals surface area contributed by atoms with Gasteiger partial charge in [0.05, 0.1) is 5.56 Å². The monoisotopic (exact) mass is 326 g/mol. The zero-order valence-corrected chi connectivity index (χ0v) is 14.0. The lowest BCUT2D eigenvalue weighted by atomic mass is 9.91. The Balaban J connectivity index is 2.48. The summed E-state index contributed by atoms with van der Waals surface area (Å²) in [7, 11) is 0. The van der Waals surface area contributed by atoms with Crippen LogP contribution in [0.15, 0.2) is 27.1 Å². The number of aromatic amines is 1. The Hall–Kier alpha value is -1.33. The van der Waals surface area contributed by atoms with Gasteiger partial charge >= 0.3 is 5.69 Å². The van der Waals surface area contributed by atoms with Gasteiger partial charge in [0.25, 0.3) is 5.56 Å². The highest BCUT2D eigenvalue weighted by atomic mass is 35.5. The lowest BCUT2D eigenvalue weighted by molar-refractivity contribution is 0.420. The Morgan fingerprint density at radius 3 is 2.67 bits per heavy atom. The van der Waals surface area contributed by atoms with Crippen molar-refractivity contribution in [2.45, 2.75) is 45.6 Å². The number of nitrogens with zero attached hydrogens (tertiary/aromatic N) is 1. The van der Waals surface area contributed by atoms with Crippen LogP contribution in [-0.2, 0) is 18.4 Å². The number of H-pyrrole nitrogens is 1. The summed E-state index contributed by atoms with van der Waals surface area (Å²) in [6.45, 7) is 6.36. The predicted octanol–water partition coefficient (Wildman–Crippen LogP) is 3.18. The van der Waals surface area contributed by atoms with Crippen molar-refractivity contribution in [2.24, 2.45) is 0 Å². The van der Waals surface area contributed by atoms with Crippen LogP contribution in [-0.4, -0.2) is 9.55 Å². The molecule has 0 radical (unpaired) electrons. The molecule has 2 rings (SSSR count). The highest BCUT2D eigenvalue weighted by Crippen LogP contribution is 2.28. The largest absolute Gasteiger partial charge is 0.329 e. The van der Waals surface area contributed by atoms with Crippen LogP contribution in [0.25, 0.3) is 0 Å². The van der Waals surface area contributed by atoms with Gasteiger partial charge in [-0.15, -0.1) is 11.3 Å². The first kappa shape index (κ1) is 16.0. The Morgan fingerprint density at radius 2 is 2.10 bits per heavy atom. The van der Waals surface area contributed by atoms with Gasteiger partial charge in [-0.2, -0.15) is 0 Å². The van der Waals surface area contributed by atoms with Crippen LogP contribution in [0.5, 0.6) is 0 Å². The summed E-state index contributed by atoms with van der Waals surface area (Å²) in [4.78, 5) is 28.3. The smallest absolute Gasteiger partial charge is 0.297 e. The number of halogens is 1. The second-order valence-corrected chi connectivity index (χ2v) is 7.05. The highest BCUT2D eigenvalue weighted by molar-refractivity contribution is 7.10. The fourth-order valence-corrected chi connectivity index (χ4v) is 3.43. The molecule has 4 nitrogen and oxygen atoms in total. The molecule has 0 amide bonds. The molecule has 1 N–H and O–H groups in total. The Morgan fingerprint density at radius 1 is 1.38 bits per heavy atom. The predicted molar refractivity (Wildman–Crippen MR) is 87.7 cm³/mol. The molecular formula is C15H19ClN2O2S. The van der Waals surface area contributed by atoms with Gasteiger partial charge in [-0.25, -0.2) is 4.79 Å². The van der Waals surface area contributed by atoms with Crippen molar-refractivity contribution >= 4 is 22.9 Å². The first-order valence-electron chi connectivity index (χ1n) is 6.92. The van der Waals surface area contributed by atoms with Crippen LogP contribution in [0.3, 0.4) is 0 Å². The zero-order chi connectivity index (χ0) is 15.6. The second-order valence-electron chi connectivity index (χ2n) is 5.73. The summed E-state index contributed by atoms with van der Waals surface area (Å²) < 4.78 is 1.26. The van der Waals surface area contributed by atoms with Crippen molar-refractivity contribution in [1.82, 2.24) is 9.55 Å². The van der Waals surface area contributed by atoms with E-state index in [1.807, 2.05) is 38.3 Å². The molecule has 0 bridgehead atoms. The third-order valence-electron chi connectivity index (χ3n) is 3.47. The molecule has 0 aromatic carbocycles. The first-order chi connectivity index (χ1) is 9.86. The van der Waals surface area contributed by atoms with E-state index < -0.39 is 5.69 Å². The van der Waals surface area contributed by atoms with Gasteiger partial charge in [-0.3, -0.25) is 14.3 Å². The Kier molecular flexibility index (Phi) is 4.74. The zero-order valence-electron chi connectivity index (χ0n) is 12.4. The van der Waals surface area contributed by atoms with Crippen LogP contribution in [0.4, 0.5) is 0 Å². The van der Waals surface area contributed by atoms with E-state index in [2.05, 4.69) is 4.98 Å². The van der Waals surface area contributed by atoms with Crippen molar-refractivity contribution in [3.63, 3.8) is 0 Å². The summed E-state index contributed by atoms with van der Waals surface area (Å²) in [5.74, 6) is 0. The first-order valence-corrected chi connectivity index (χ1v) is 8.18. The fraction of sp³-hybridized carbons (Fsp3) is 0.467. The molecule has 0 fully saturated rings. The number of nitrogens with one attached hydrogen (secondary N) is 1. The maximum Gasteiger partial charge on any atom is 0.329 e. The standard InChI is InChI=1S/C15H19ClN2O2S/c1-4-6-10-12(16)17-14(20)18(13(10)19)9-15(2,3)11-7-5-8-21-11/h5,7-8H,4,6,9H2,1-3H3,(H,17,20). The minimum absolute atomic E-state index is 0.164. The van der Waals surface area contributed by atoms with E-state index in [1.165, 1.54) is 4.57 Å². The van der Waals surface area contributed by atoms with E-state index in [1.54, 1.807) is 11.3 Å². The summed E-state index contributed by atoms with van der Waals surface area (Å²) >= 11 is 7.61. The Bertz CT molecular complexity index is 729. The van der Waals surface area contributed by atoms with Gasteiger partial charge in [0.15, 0.2) is 0 Å². The minimum Gasteiger partial charge on any atom is -0.297 e. The molecule has 0 aliphatic heterocycles. The summed E-state index contributed by atoms with van der Waals surface area (Å²) in [5, 5.41) is 2.16. The van der Waals surface area contributed by atoms with Crippen molar-refractivity contribution in [2.75, 3.05) is 0 Å². The Labute approximate surface area is 132 Å². The lowest BCUT2D eigenvalue weighted by Gasteiger charge is -2.24. The van der Waals surface area contributed by atoms with Gasteiger partial charge in [0, 0.05) is 16.8 Å². The van der Waals surface area contributed by atoms with E-state index >= 15 is 0 Å². The topological polar surface area (TPSA) is 54.9 Å². The molecule has 2 aromatic heterocycles. The fourth-order valence-electron chi connectivity index (χ4n) is 2.33. The van der Waals surface area contributed by atoms with Gasteiger partial charge in [0.1, 0.15) is 5.15 Å².